The van der Waals surface area contributed by atoms with Crippen molar-refractivity contribution in [3.8, 4) is 0 Å². The first kappa shape index (κ1) is 24.8. The van der Waals surface area contributed by atoms with Crippen LogP contribution in [-0.2, 0) is 38.2 Å². The molecular formula is C17H26ClNO8. The van der Waals surface area contributed by atoms with E-state index in [1.54, 1.807) is 20.8 Å². The summed E-state index contributed by atoms with van der Waals surface area (Å²) in [5.41, 5.74) is -0.697. The molecule has 0 aliphatic heterocycles. The van der Waals surface area contributed by atoms with Crippen LogP contribution in [0.15, 0.2) is 0 Å². The molecule has 0 aliphatic rings. The van der Waals surface area contributed by atoms with Crippen molar-refractivity contribution in [1.82, 2.24) is 5.32 Å². The summed E-state index contributed by atoms with van der Waals surface area (Å²) in [5.74, 6) is -3.01. The number of nitrogens with one attached hydrogen (secondary N) is 1. The van der Waals surface area contributed by atoms with Crippen LogP contribution >= 0.6 is 11.6 Å². The number of esters is 3. The van der Waals surface area contributed by atoms with Gasteiger partial charge < -0.3 is 19.5 Å². The predicted molar refractivity (Wildman–Crippen MR) is 94.6 cm³/mol. The second-order valence-corrected chi connectivity index (χ2v) is 7.36. The van der Waals surface area contributed by atoms with Gasteiger partial charge in [0.15, 0.2) is 6.10 Å². The molecule has 0 fully saturated rings. The van der Waals surface area contributed by atoms with Crippen molar-refractivity contribution in [3.63, 3.8) is 0 Å². The summed E-state index contributed by atoms with van der Waals surface area (Å²) in [4.78, 5) is 57.0. The topological polar surface area (TPSA) is 125 Å². The standard InChI is InChI=1S/C17H26ClNO8/c1-10(20)25-8-12(9-26-11(2)21)6-13(22)19-7-14(23)27-15(16(18)24)17(3,4)5/h12,15H,6-9H2,1-5H3,(H,19,22). The Labute approximate surface area is 163 Å². The molecule has 1 unspecified atom stereocenters. The Kier molecular flexibility index (Phi) is 10.6. The average molecular weight is 408 g/mol. The summed E-state index contributed by atoms with van der Waals surface area (Å²) in [6, 6.07) is 0. The number of carbonyl (C=O) groups is 5. The lowest BCUT2D eigenvalue weighted by Crippen LogP contribution is -2.40. The number of halogens is 1. The normalized spacial score (nSPS) is 12.1. The molecule has 0 heterocycles. The molecule has 10 heteroatoms. The van der Waals surface area contributed by atoms with Crippen molar-refractivity contribution >= 4 is 40.7 Å². The molecule has 0 aliphatic carbocycles. The van der Waals surface area contributed by atoms with Gasteiger partial charge in [-0.05, 0) is 11.6 Å². The molecule has 1 N–H and O–H groups in total. The lowest BCUT2D eigenvalue weighted by atomic mass is 9.90. The number of carbonyl (C=O) groups excluding carboxylic acids is 5. The van der Waals surface area contributed by atoms with E-state index in [1.807, 2.05) is 0 Å². The van der Waals surface area contributed by atoms with Crippen molar-refractivity contribution < 1.29 is 38.2 Å². The van der Waals surface area contributed by atoms with E-state index < -0.39 is 53.0 Å². The minimum atomic E-state index is -1.15. The molecule has 0 saturated heterocycles. The first-order valence-corrected chi connectivity index (χ1v) is 8.63. The molecule has 0 aromatic heterocycles. The van der Waals surface area contributed by atoms with Crippen LogP contribution in [-0.4, -0.2) is 54.9 Å². The summed E-state index contributed by atoms with van der Waals surface area (Å²) >= 11 is 5.44. The number of amides is 1. The largest absolute Gasteiger partial charge is 0.465 e. The summed E-state index contributed by atoms with van der Waals surface area (Å²) in [6.45, 7) is 6.75. The Hall–Kier alpha value is -2.16. The molecule has 0 bridgehead atoms. The maximum atomic E-state index is 12.0. The molecule has 0 spiro atoms. The van der Waals surface area contributed by atoms with Gasteiger partial charge in [0.05, 0.1) is 13.2 Å². The number of rotatable bonds is 10. The maximum absolute atomic E-state index is 12.0. The van der Waals surface area contributed by atoms with Crippen molar-refractivity contribution in [1.29, 1.82) is 0 Å². The van der Waals surface area contributed by atoms with Crippen LogP contribution in [0.1, 0.15) is 41.0 Å². The van der Waals surface area contributed by atoms with Crippen molar-refractivity contribution in [3.05, 3.63) is 0 Å². The Morgan fingerprint density at radius 1 is 0.963 bits per heavy atom. The van der Waals surface area contributed by atoms with Crippen molar-refractivity contribution in [2.24, 2.45) is 11.3 Å². The third-order valence-electron chi connectivity index (χ3n) is 3.19. The lowest BCUT2D eigenvalue weighted by molar-refractivity contribution is -0.158. The van der Waals surface area contributed by atoms with E-state index in [0.717, 1.165) is 0 Å². The van der Waals surface area contributed by atoms with Crippen LogP contribution in [0.25, 0.3) is 0 Å². The van der Waals surface area contributed by atoms with E-state index in [9.17, 15) is 24.0 Å². The van der Waals surface area contributed by atoms with Gasteiger partial charge in [-0.25, -0.2) is 0 Å². The van der Waals surface area contributed by atoms with Gasteiger partial charge in [-0.1, -0.05) is 20.8 Å². The third-order valence-corrected chi connectivity index (χ3v) is 3.39. The van der Waals surface area contributed by atoms with Crippen molar-refractivity contribution in [2.45, 2.75) is 47.1 Å². The fourth-order valence-corrected chi connectivity index (χ4v) is 2.25. The van der Waals surface area contributed by atoms with Gasteiger partial charge in [-0.3, -0.25) is 24.0 Å². The first-order valence-electron chi connectivity index (χ1n) is 8.25. The highest BCUT2D eigenvalue weighted by molar-refractivity contribution is 6.64. The van der Waals surface area contributed by atoms with Gasteiger partial charge in [0.25, 0.3) is 5.24 Å². The SMILES string of the molecule is CC(=O)OCC(COC(C)=O)CC(=O)NCC(=O)OC(C(=O)Cl)C(C)(C)C. The molecule has 0 aromatic carbocycles. The van der Waals surface area contributed by atoms with Crippen LogP contribution in [0.2, 0.25) is 0 Å². The average Bonchev–Trinajstić information content (AvgIpc) is 2.51. The summed E-state index contributed by atoms with van der Waals surface area (Å²) in [7, 11) is 0. The van der Waals surface area contributed by atoms with Gasteiger partial charge >= 0.3 is 17.9 Å². The highest BCUT2D eigenvalue weighted by Gasteiger charge is 2.33. The van der Waals surface area contributed by atoms with Crippen LogP contribution in [0.3, 0.4) is 0 Å². The van der Waals surface area contributed by atoms with Crippen LogP contribution in [0.4, 0.5) is 0 Å². The van der Waals surface area contributed by atoms with Gasteiger partial charge in [-0.2, -0.15) is 0 Å². The van der Waals surface area contributed by atoms with E-state index in [-0.39, 0.29) is 19.6 Å². The number of ether oxygens (including phenoxy) is 3. The van der Waals surface area contributed by atoms with Gasteiger partial charge in [-0.15, -0.1) is 0 Å². The van der Waals surface area contributed by atoms with E-state index in [4.69, 9.17) is 25.8 Å². The molecule has 0 saturated carbocycles. The van der Waals surface area contributed by atoms with E-state index >= 15 is 0 Å². The minimum absolute atomic E-state index is 0.118. The Morgan fingerprint density at radius 3 is 1.81 bits per heavy atom. The van der Waals surface area contributed by atoms with E-state index in [0.29, 0.717) is 0 Å². The second-order valence-electron chi connectivity index (χ2n) is 6.99. The smallest absolute Gasteiger partial charge is 0.326 e. The minimum Gasteiger partial charge on any atom is -0.465 e. The highest BCUT2D eigenvalue weighted by atomic mass is 35.5. The molecule has 0 rings (SSSR count). The van der Waals surface area contributed by atoms with Gasteiger partial charge in [0.1, 0.15) is 6.54 Å². The van der Waals surface area contributed by atoms with Crippen LogP contribution in [0, 0.1) is 11.3 Å². The fraction of sp³-hybridized carbons (Fsp3) is 0.706. The third kappa shape index (κ3) is 12.0. The Bertz CT molecular complexity index is 552. The quantitative estimate of drug-likeness (QED) is 0.322. The summed E-state index contributed by atoms with van der Waals surface area (Å²) < 4.78 is 14.7. The molecular weight excluding hydrogens is 382 g/mol. The Morgan fingerprint density at radius 2 is 1.44 bits per heavy atom. The van der Waals surface area contributed by atoms with Gasteiger partial charge in [0.2, 0.25) is 5.91 Å². The van der Waals surface area contributed by atoms with Crippen LogP contribution in [0.5, 0.6) is 0 Å². The maximum Gasteiger partial charge on any atom is 0.326 e. The molecule has 1 atom stereocenters. The fourth-order valence-electron chi connectivity index (χ4n) is 1.88. The Balaban J connectivity index is 4.57. The van der Waals surface area contributed by atoms with Gasteiger partial charge in [0, 0.05) is 31.6 Å². The number of hydrogen-bond acceptors (Lipinski definition) is 8. The summed E-state index contributed by atoms with van der Waals surface area (Å²) in [6.07, 6.45) is -1.30. The molecule has 0 aromatic rings. The van der Waals surface area contributed by atoms with E-state index in [2.05, 4.69) is 5.32 Å². The zero-order valence-corrected chi connectivity index (χ0v) is 16.9. The highest BCUT2D eigenvalue weighted by Crippen LogP contribution is 2.24. The second kappa shape index (κ2) is 11.5. The lowest BCUT2D eigenvalue weighted by Gasteiger charge is -2.27. The molecule has 27 heavy (non-hydrogen) atoms. The first-order chi connectivity index (χ1) is 12.3. The molecule has 0 radical (unpaired) electrons. The monoisotopic (exact) mass is 407 g/mol. The molecule has 1 amide bonds. The zero-order chi connectivity index (χ0) is 21.2. The number of hydrogen-bond donors (Lipinski definition) is 1. The zero-order valence-electron chi connectivity index (χ0n) is 16.1. The summed E-state index contributed by atoms with van der Waals surface area (Å²) in [5, 5.41) is 1.52. The van der Waals surface area contributed by atoms with E-state index in [1.165, 1.54) is 13.8 Å². The molecule has 9 nitrogen and oxygen atoms in total. The predicted octanol–water partition coefficient (Wildman–Crippen LogP) is 0.958. The van der Waals surface area contributed by atoms with Crippen LogP contribution < -0.4 is 5.32 Å². The van der Waals surface area contributed by atoms with Crippen molar-refractivity contribution in [2.75, 3.05) is 19.8 Å². The molecule has 154 valence electrons.